The third-order valence-electron chi connectivity index (χ3n) is 3.69. The summed E-state index contributed by atoms with van der Waals surface area (Å²) in [5.41, 5.74) is 2.31. The Morgan fingerprint density at radius 2 is 2.20 bits per heavy atom. The first-order chi connectivity index (χ1) is 9.75. The highest BCUT2D eigenvalue weighted by Gasteiger charge is 2.28. The molecule has 1 aliphatic rings. The molecular weight excluding hydrogens is 268 g/mol. The van der Waals surface area contributed by atoms with Gasteiger partial charge < -0.3 is 5.32 Å². The third kappa shape index (κ3) is 2.56. The SMILES string of the molecule is CC1CN(C(=O)NCCc2cccs2)c2ccccc21. The predicted molar refractivity (Wildman–Crippen MR) is 83.6 cm³/mol. The van der Waals surface area contributed by atoms with Crippen molar-refractivity contribution in [2.75, 3.05) is 18.0 Å². The molecule has 1 aromatic heterocycles. The summed E-state index contributed by atoms with van der Waals surface area (Å²) in [5, 5.41) is 5.08. The number of hydrogen-bond donors (Lipinski definition) is 1. The van der Waals surface area contributed by atoms with E-state index in [0.717, 1.165) is 18.7 Å². The number of para-hydroxylation sites is 1. The van der Waals surface area contributed by atoms with Gasteiger partial charge in [0.05, 0.1) is 0 Å². The summed E-state index contributed by atoms with van der Waals surface area (Å²) in [5.74, 6) is 0.411. The number of amides is 2. The van der Waals surface area contributed by atoms with E-state index in [0.29, 0.717) is 12.5 Å². The Hall–Kier alpha value is -1.81. The van der Waals surface area contributed by atoms with Gasteiger partial charge >= 0.3 is 6.03 Å². The zero-order valence-electron chi connectivity index (χ0n) is 11.5. The minimum Gasteiger partial charge on any atom is -0.337 e. The maximum atomic E-state index is 12.3. The molecule has 1 aliphatic heterocycles. The van der Waals surface area contributed by atoms with E-state index in [-0.39, 0.29) is 6.03 Å². The summed E-state index contributed by atoms with van der Waals surface area (Å²) in [6.07, 6.45) is 0.897. The molecule has 3 nitrogen and oxygen atoms in total. The van der Waals surface area contributed by atoms with Crippen molar-refractivity contribution in [1.82, 2.24) is 5.32 Å². The molecule has 0 fully saturated rings. The zero-order valence-corrected chi connectivity index (χ0v) is 12.3. The summed E-state index contributed by atoms with van der Waals surface area (Å²) in [6.45, 7) is 3.62. The number of nitrogens with one attached hydrogen (secondary N) is 1. The first-order valence-electron chi connectivity index (χ1n) is 6.92. The van der Waals surface area contributed by atoms with Crippen molar-refractivity contribution in [2.45, 2.75) is 19.3 Å². The van der Waals surface area contributed by atoms with Crippen LogP contribution in [0.4, 0.5) is 10.5 Å². The van der Waals surface area contributed by atoms with E-state index >= 15 is 0 Å². The number of hydrogen-bond acceptors (Lipinski definition) is 2. The van der Waals surface area contributed by atoms with Crippen molar-refractivity contribution in [3.05, 3.63) is 52.2 Å². The number of carbonyl (C=O) groups is 1. The second-order valence-electron chi connectivity index (χ2n) is 5.13. The van der Waals surface area contributed by atoms with Gasteiger partial charge in [-0.3, -0.25) is 4.90 Å². The normalized spacial score (nSPS) is 17.1. The molecule has 1 N–H and O–H groups in total. The average molecular weight is 286 g/mol. The van der Waals surface area contributed by atoms with Crippen LogP contribution in [0, 0.1) is 0 Å². The molecule has 0 saturated carbocycles. The Balaban J connectivity index is 1.61. The van der Waals surface area contributed by atoms with E-state index in [2.05, 4.69) is 29.8 Å². The lowest BCUT2D eigenvalue weighted by molar-refractivity contribution is 0.246. The second-order valence-corrected chi connectivity index (χ2v) is 6.16. The molecule has 4 heteroatoms. The molecule has 1 aromatic carbocycles. The molecule has 20 heavy (non-hydrogen) atoms. The topological polar surface area (TPSA) is 32.3 Å². The van der Waals surface area contributed by atoms with E-state index in [9.17, 15) is 4.79 Å². The van der Waals surface area contributed by atoms with Crippen LogP contribution in [-0.2, 0) is 6.42 Å². The van der Waals surface area contributed by atoms with Crippen LogP contribution in [0.3, 0.4) is 0 Å². The van der Waals surface area contributed by atoms with Crippen molar-refractivity contribution in [2.24, 2.45) is 0 Å². The molecule has 2 heterocycles. The lowest BCUT2D eigenvalue weighted by Gasteiger charge is -2.18. The van der Waals surface area contributed by atoms with Gasteiger partial charge in [0.15, 0.2) is 0 Å². The van der Waals surface area contributed by atoms with Gasteiger partial charge in [-0.25, -0.2) is 4.79 Å². The molecule has 2 aromatic rings. The number of fused-ring (bicyclic) bond motifs is 1. The van der Waals surface area contributed by atoms with Gasteiger partial charge in [0.1, 0.15) is 0 Å². The molecule has 0 spiro atoms. The van der Waals surface area contributed by atoms with Gasteiger partial charge in [-0.2, -0.15) is 0 Å². The highest BCUT2D eigenvalue weighted by Crippen LogP contribution is 2.35. The Bertz CT molecular complexity index is 594. The molecule has 0 saturated heterocycles. The minimum absolute atomic E-state index is 0.0124. The van der Waals surface area contributed by atoms with Crippen LogP contribution in [-0.4, -0.2) is 19.1 Å². The van der Waals surface area contributed by atoms with Crippen LogP contribution in [0.25, 0.3) is 0 Å². The van der Waals surface area contributed by atoms with E-state index in [4.69, 9.17) is 0 Å². The minimum atomic E-state index is 0.0124. The van der Waals surface area contributed by atoms with Crippen molar-refractivity contribution in [3.63, 3.8) is 0 Å². The summed E-state index contributed by atoms with van der Waals surface area (Å²) >= 11 is 1.73. The average Bonchev–Trinajstić information content (AvgIpc) is 3.08. The number of anilines is 1. The van der Waals surface area contributed by atoms with Gasteiger partial charge in [0.25, 0.3) is 0 Å². The van der Waals surface area contributed by atoms with Crippen LogP contribution in [0.2, 0.25) is 0 Å². The Morgan fingerprint density at radius 3 is 3.00 bits per heavy atom. The first kappa shape index (κ1) is 13.2. The fourth-order valence-electron chi connectivity index (χ4n) is 2.66. The molecule has 0 aliphatic carbocycles. The highest BCUT2D eigenvalue weighted by molar-refractivity contribution is 7.09. The Kier molecular flexibility index (Phi) is 3.74. The monoisotopic (exact) mass is 286 g/mol. The fourth-order valence-corrected chi connectivity index (χ4v) is 3.36. The molecule has 1 unspecified atom stereocenters. The predicted octanol–water partition coefficient (Wildman–Crippen LogP) is 3.62. The van der Waals surface area contributed by atoms with Gasteiger partial charge in [0.2, 0.25) is 0 Å². The smallest absolute Gasteiger partial charge is 0.321 e. The standard InChI is InChI=1S/C16H18N2OS/c1-12-11-18(15-7-3-2-6-14(12)15)16(19)17-9-8-13-5-4-10-20-13/h2-7,10,12H,8-9,11H2,1H3,(H,17,19). The molecule has 2 amide bonds. The fraction of sp³-hybridized carbons (Fsp3) is 0.312. The maximum absolute atomic E-state index is 12.3. The van der Waals surface area contributed by atoms with Gasteiger partial charge in [-0.15, -0.1) is 11.3 Å². The summed E-state index contributed by atoms with van der Waals surface area (Å²) in [7, 11) is 0. The van der Waals surface area contributed by atoms with Gasteiger partial charge in [0, 0.05) is 29.6 Å². The van der Waals surface area contributed by atoms with E-state index in [1.807, 2.05) is 29.2 Å². The zero-order chi connectivity index (χ0) is 13.9. The van der Waals surface area contributed by atoms with E-state index in [1.165, 1.54) is 10.4 Å². The molecule has 104 valence electrons. The molecule has 1 atom stereocenters. The van der Waals surface area contributed by atoms with Crippen molar-refractivity contribution < 1.29 is 4.79 Å². The van der Waals surface area contributed by atoms with Crippen LogP contribution < -0.4 is 10.2 Å². The largest absolute Gasteiger partial charge is 0.337 e. The van der Waals surface area contributed by atoms with E-state index in [1.54, 1.807) is 11.3 Å². The number of nitrogens with zero attached hydrogens (tertiary/aromatic N) is 1. The Labute approximate surface area is 123 Å². The lowest BCUT2D eigenvalue weighted by atomic mass is 10.0. The van der Waals surface area contributed by atoms with Crippen LogP contribution in [0.15, 0.2) is 41.8 Å². The number of benzene rings is 1. The molecule has 0 bridgehead atoms. The summed E-state index contributed by atoms with van der Waals surface area (Å²) in [4.78, 5) is 15.5. The number of carbonyl (C=O) groups excluding carboxylic acids is 1. The quantitative estimate of drug-likeness (QED) is 0.918. The van der Waals surface area contributed by atoms with Crippen molar-refractivity contribution >= 4 is 23.1 Å². The molecule has 0 radical (unpaired) electrons. The molecule has 3 rings (SSSR count). The summed E-state index contributed by atoms with van der Waals surface area (Å²) < 4.78 is 0. The Morgan fingerprint density at radius 1 is 1.35 bits per heavy atom. The molecular formula is C16H18N2OS. The maximum Gasteiger partial charge on any atom is 0.321 e. The van der Waals surface area contributed by atoms with Gasteiger partial charge in [-0.1, -0.05) is 31.2 Å². The van der Waals surface area contributed by atoms with Gasteiger partial charge in [-0.05, 0) is 29.5 Å². The third-order valence-corrected chi connectivity index (χ3v) is 4.62. The second kappa shape index (κ2) is 5.67. The highest BCUT2D eigenvalue weighted by atomic mass is 32.1. The van der Waals surface area contributed by atoms with Crippen LogP contribution in [0.1, 0.15) is 23.3 Å². The number of thiophene rings is 1. The van der Waals surface area contributed by atoms with Crippen molar-refractivity contribution in [3.8, 4) is 0 Å². The summed E-state index contributed by atoms with van der Waals surface area (Å²) in [6, 6.07) is 12.3. The van der Waals surface area contributed by atoms with Crippen molar-refractivity contribution in [1.29, 1.82) is 0 Å². The van der Waals surface area contributed by atoms with Crippen LogP contribution >= 0.6 is 11.3 Å². The number of urea groups is 1. The van der Waals surface area contributed by atoms with Crippen LogP contribution in [0.5, 0.6) is 0 Å². The van der Waals surface area contributed by atoms with E-state index < -0.39 is 0 Å². The first-order valence-corrected chi connectivity index (χ1v) is 7.80. The lowest BCUT2D eigenvalue weighted by Crippen LogP contribution is -2.40. The number of rotatable bonds is 3.